The van der Waals surface area contributed by atoms with Crippen molar-refractivity contribution in [1.29, 1.82) is 0 Å². The Morgan fingerprint density at radius 3 is 2.23 bits per heavy atom. The summed E-state index contributed by atoms with van der Waals surface area (Å²) >= 11 is 11.1. The molecule has 0 aromatic heterocycles. The third kappa shape index (κ3) is 7.09. The maximum Gasteiger partial charge on any atom is 0.264 e. The minimum Gasteiger partial charge on any atom is -0.484 e. The van der Waals surface area contributed by atoms with Gasteiger partial charge >= 0.3 is 0 Å². The number of ether oxygens (including phenoxy) is 1. The molecule has 0 saturated carbocycles. The van der Waals surface area contributed by atoms with E-state index in [0.29, 0.717) is 27.7 Å². The summed E-state index contributed by atoms with van der Waals surface area (Å²) in [4.78, 5) is 24.3. The molecule has 158 valence electrons. The highest BCUT2D eigenvalue weighted by atomic mass is 35.5. The third-order valence-corrected chi connectivity index (χ3v) is 4.57. The van der Waals surface area contributed by atoms with Crippen molar-refractivity contribution < 1.29 is 14.3 Å². The van der Waals surface area contributed by atoms with Crippen LogP contribution in [0.2, 0.25) is 5.02 Å². The van der Waals surface area contributed by atoms with Gasteiger partial charge in [-0.2, -0.15) is 0 Å². The lowest BCUT2D eigenvalue weighted by Crippen LogP contribution is -2.37. The molecule has 0 atom stereocenters. The fourth-order valence-electron chi connectivity index (χ4n) is 2.58. The Balaban J connectivity index is 1.46. The Bertz CT molecular complexity index is 1090. The molecule has 3 N–H and O–H groups in total. The molecule has 3 aromatic rings. The van der Waals surface area contributed by atoms with E-state index in [1.54, 1.807) is 60.7 Å². The van der Waals surface area contributed by atoms with Gasteiger partial charge in [0.2, 0.25) is 0 Å². The van der Waals surface area contributed by atoms with Gasteiger partial charge in [0.1, 0.15) is 5.75 Å². The van der Waals surface area contributed by atoms with Gasteiger partial charge in [-0.05, 0) is 73.7 Å². The van der Waals surface area contributed by atoms with Crippen molar-refractivity contribution in [3.8, 4) is 5.75 Å². The molecule has 31 heavy (non-hydrogen) atoms. The smallest absolute Gasteiger partial charge is 0.264 e. The van der Waals surface area contributed by atoms with Crippen molar-refractivity contribution in [1.82, 2.24) is 5.32 Å². The number of anilines is 2. The molecular formula is C23H20ClN3O3S. The molecule has 0 radical (unpaired) electrons. The van der Waals surface area contributed by atoms with E-state index in [-0.39, 0.29) is 23.5 Å². The molecule has 0 aliphatic carbocycles. The number of aryl methyl sites for hydroxylation is 1. The van der Waals surface area contributed by atoms with E-state index >= 15 is 0 Å². The molecule has 8 heteroatoms. The van der Waals surface area contributed by atoms with Gasteiger partial charge < -0.3 is 15.4 Å². The molecule has 0 fully saturated rings. The topological polar surface area (TPSA) is 79.5 Å². The van der Waals surface area contributed by atoms with Gasteiger partial charge in [-0.1, -0.05) is 35.4 Å². The number of amides is 2. The van der Waals surface area contributed by atoms with E-state index in [0.717, 1.165) is 5.56 Å². The highest BCUT2D eigenvalue weighted by Crippen LogP contribution is 2.16. The van der Waals surface area contributed by atoms with Gasteiger partial charge in [0, 0.05) is 22.0 Å². The average molecular weight is 454 g/mol. The number of rotatable bonds is 6. The Morgan fingerprint density at radius 1 is 0.935 bits per heavy atom. The van der Waals surface area contributed by atoms with Gasteiger partial charge in [0.15, 0.2) is 11.7 Å². The SMILES string of the molecule is Cc1ccc(OCC(=O)NC(=S)Nc2ccc(NC(=O)c3cccc(Cl)c3)cc2)cc1. The molecule has 0 unspecified atom stereocenters. The Kier molecular flexibility index (Phi) is 7.59. The van der Waals surface area contributed by atoms with Crippen molar-refractivity contribution in [3.05, 3.63) is 88.9 Å². The Hall–Kier alpha value is -3.42. The minimum atomic E-state index is -0.372. The molecule has 3 aromatic carbocycles. The van der Waals surface area contributed by atoms with Crippen LogP contribution in [0.1, 0.15) is 15.9 Å². The molecular weight excluding hydrogens is 434 g/mol. The van der Waals surface area contributed by atoms with Crippen molar-refractivity contribution in [2.24, 2.45) is 0 Å². The summed E-state index contributed by atoms with van der Waals surface area (Å²) in [6.45, 7) is 1.82. The van der Waals surface area contributed by atoms with E-state index < -0.39 is 0 Å². The molecule has 0 spiro atoms. The van der Waals surface area contributed by atoms with E-state index in [1.807, 2.05) is 19.1 Å². The number of thiocarbonyl (C=S) groups is 1. The summed E-state index contributed by atoms with van der Waals surface area (Å²) in [7, 11) is 0. The van der Waals surface area contributed by atoms with Crippen molar-refractivity contribution in [2.75, 3.05) is 17.2 Å². The van der Waals surface area contributed by atoms with Crippen molar-refractivity contribution >= 4 is 52.1 Å². The first kappa shape index (κ1) is 22.3. The van der Waals surface area contributed by atoms with E-state index in [2.05, 4.69) is 16.0 Å². The van der Waals surface area contributed by atoms with Gasteiger partial charge in [0.05, 0.1) is 0 Å². The second-order valence-corrected chi connectivity index (χ2v) is 7.49. The van der Waals surface area contributed by atoms with E-state index in [1.165, 1.54) is 0 Å². The standard InChI is InChI=1S/C23H20ClN3O3S/c1-15-5-11-20(12-6-15)30-14-21(28)27-23(31)26-19-9-7-18(8-10-19)25-22(29)16-3-2-4-17(24)13-16/h2-13H,14H2,1H3,(H,25,29)(H2,26,27,28,31). The second kappa shape index (κ2) is 10.6. The molecule has 3 rings (SSSR count). The van der Waals surface area contributed by atoms with Crippen LogP contribution in [0.5, 0.6) is 5.75 Å². The zero-order chi connectivity index (χ0) is 22.2. The van der Waals surface area contributed by atoms with Gasteiger partial charge in [-0.3, -0.25) is 14.9 Å². The van der Waals surface area contributed by atoms with Crippen LogP contribution in [0.3, 0.4) is 0 Å². The van der Waals surface area contributed by atoms with Crippen LogP contribution < -0.4 is 20.7 Å². The number of nitrogens with one attached hydrogen (secondary N) is 3. The monoisotopic (exact) mass is 453 g/mol. The van der Waals surface area contributed by atoms with Crippen LogP contribution >= 0.6 is 23.8 Å². The highest BCUT2D eigenvalue weighted by molar-refractivity contribution is 7.80. The lowest BCUT2D eigenvalue weighted by Gasteiger charge is -2.11. The summed E-state index contributed by atoms with van der Waals surface area (Å²) in [5, 5.41) is 8.90. The normalized spacial score (nSPS) is 10.1. The van der Waals surface area contributed by atoms with Crippen LogP contribution in [0.4, 0.5) is 11.4 Å². The zero-order valence-corrected chi connectivity index (χ0v) is 18.2. The van der Waals surface area contributed by atoms with Crippen LogP contribution in [0, 0.1) is 6.92 Å². The maximum absolute atomic E-state index is 12.3. The molecule has 0 aliphatic heterocycles. The summed E-state index contributed by atoms with van der Waals surface area (Å²) in [6.07, 6.45) is 0. The number of benzene rings is 3. The van der Waals surface area contributed by atoms with Gasteiger partial charge in [-0.15, -0.1) is 0 Å². The van der Waals surface area contributed by atoms with Gasteiger partial charge in [0.25, 0.3) is 11.8 Å². The Labute approximate surface area is 190 Å². The molecule has 0 heterocycles. The molecule has 6 nitrogen and oxygen atoms in total. The van der Waals surface area contributed by atoms with Crippen LogP contribution in [-0.4, -0.2) is 23.5 Å². The fraction of sp³-hybridized carbons (Fsp3) is 0.0870. The summed E-state index contributed by atoms with van der Waals surface area (Å²) in [5.41, 5.74) is 2.84. The van der Waals surface area contributed by atoms with E-state index in [9.17, 15) is 9.59 Å². The first-order chi connectivity index (χ1) is 14.9. The first-order valence-electron chi connectivity index (χ1n) is 9.36. The van der Waals surface area contributed by atoms with Crippen LogP contribution in [0.25, 0.3) is 0 Å². The molecule has 0 aliphatic rings. The zero-order valence-electron chi connectivity index (χ0n) is 16.6. The van der Waals surface area contributed by atoms with Crippen LogP contribution in [0.15, 0.2) is 72.8 Å². The molecule has 0 saturated heterocycles. The molecule has 2 amide bonds. The van der Waals surface area contributed by atoms with Crippen LogP contribution in [-0.2, 0) is 4.79 Å². The number of carbonyl (C=O) groups is 2. The lowest BCUT2D eigenvalue weighted by molar-refractivity contribution is -0.121. The number of carbonyl (C=O) groups excluding carboxylic acids is 2. The van der Waals surface area contributed by atoms with Gasteiger partial charge in [-0.25, -0.2) is 0 Å². The van der Waals surface area contributed by atoms with E-state index in [4.69, 9.17) is 28.6 Å². The maximum atomic E-state index is 12.3. The predicted octanol–water partition coefficient (Wildman–Crippen LogP) is 4.79. The largest absolute Gasteiger partial charge is 0.484 e. The number of hydrogen-bond donors (Lipinski definition) is 3. The number of hydrogen-bond acceptors (Lipinski definition) is 4. The lowest BCUT2D eigenvalue weighted by atomic mass is 10.2. The minimum absolute atomic E-state index is 0.146. The second-order valence-electron chi connectivity index (χ2n) is 6.65. The predicted molar refractivity (Wildman–Crippen MR) is 127 cm³/mol. The third-order valence-electron chi connectivity index (χ3n) is 4.13. The quantitative estimate of drug-likeness (QED) is 0.467. The highest BCUT2D eigenvalue weighted by Gasteiger charge is 2.08. The van der Waals surface area contributed by atoms with Crippen molar-refractivity contribution in [3.63, 3.8) is 0 Å². The van der Waals surface area contributed by atoms with Crippen molar-refractivity contribution in [2.45, 2.75) is 6.92 Å². The number of halogens is 1. The summed E-state index contributed by atoms with van der Waals surface area (Å²) < 4.78 is 5.42. The summed E-state index contributed by atoms with van der Waals surface area (Å²) in [6, 6.07) is 21.0. The average Bonchev–Trinajstić information content (AvgIpc) is 2.74. The first-order valence-corrected chi connectivity index (χ1v) is 10.1. The fourth-order valence-corrected chi connectivity index (χ4v) is 3.00. The Morgan fingerprint density at radius 2 is 1.58 bits per heavy atom. The molecule has 0 bridgehead atoms. The summed E-state index contributed by atoms with van der Waals surface area (Å²) in [5.74, 6) is -0.0295.